The van der Waals surface area contributed by atoms with Crippen LogP contribution in [0.5, 0.6) is 5.88 Å². The quantitative estimate of drug-likeness (QED) is 0.480. The van der Waals surface area contributed by atoms with Gasteiger partial charge in [0.1, 0.15) is 5.65 Å². The number of benzene rings is 1. The summed E-state index contributed by atoms with van der Waals surface area (Å²) in [5.74, 6) is 0.110. The second kappa shape index (κ2) is 8.28. The topological polar surface area (TPSA) is 63.0 Å². The van der Waals surface area contributed by atoms with Crippen LogP contribution in [-0.4, -0.2) is 19.6 Å². The van der Waals surface area contributed by atoms with Crippen LogP contribution in [0.2, 0.25) is 0 Å². The first-order valence-corrected chi connectivity index (χ1v) is 10.3. The summed E-state index contributed by atoms with van der Waals surface area (Å²) in [4.78, 5) is 8.89. The molecule has 0 saturated heterocycles. The third-order valence-electron chi connectivity index (χ3n) is 5.86. The van der Waals surface area contributed by atoms with E-state index in [0.29, 0.717) is 13.1 Å². The lowest BCUT2D eigenvalue weighted by Gasteiger charge is -2.18. The summed E-state index contributed by atoms with van der Waals surface area (Å²) in [5.41, 5.74) is 7.42. The van der Waals surface area contributed by atoms with E-state index in [1.54, 1.807) is 0 Å². The van der Waals surface area contributed by atoms with Gasteiger partial charge in [-0.15, -0.1) is 0 Å². The molecule has 0 saturated carbocycles. The third kappa shape index (κ3) is 3.68. The fourth-order valence-corrected chi connectivity index (χ4v) is 4.28. The van der Waals surface area contributed by atoms with Gasteiger partial charge in [0.15, 0.2) is 0 Å². The van der Waals surface area contributed by atoms with E-state index in [0.717, 1.165) is 27.9 Å². The van der Waals surface area contributed by atoms with Gasteiger partial charge in [-0.1, -0.05) is 30.3 Å². The highest BCUT2D eigenvalue weighted by molar-refractivity contribution is 5.82. The summed E-state index contributed by atoms with van der Waals surface area (Å²) >= 11 is 0. The van der Waals surface area contributed by atoms with Gasteiger partial charge in [0.05, 0.1) is 6.04 Å². The van der Waals surface area contributed by atoms with Gasteiger partial charge >= 0.3 is 0 Å². The molecule has 5 nitrogen and oxygen atoms in total. The van der Waals surface area contributed by atoms with Gasteiger partial charge in [0.2, 0.25) is 5.88 Å². The zero-order valence-electron chi connectivity index (χ0n) is 18.0. The number of rotatable bonds is 6. The van der Waals surface area contributed by atoms with Crippen molar-refractivity contribution < 1.29 is 5.11 Å². The SMILES string of the molecule is Cc1cc(C)c(CNCc2c(C)n(C(C)c3ccccc3)c3ncccc23)c(O)n1. The van der Waals surface area contributed by atoms with Crippen molar-refractivity contribution in [2.24, 2.45) is 0 Å². The van der Waals surface area contributed by atoms with E-state index in [1.807, 2.05) is 38.2 Å². The minimum Gasteiger partial charge on any atom is -0.493 e. The Hall–Kier alpha value is -3.18. The first kappa shape index (κ1) is 20.1. The fourth-order valence-electron chi connectivity index (χ4n) is 4.28. The number of nitrogens with one attached hydrogen (secondary N) is 1. The van der Waals surface area contributed by atoms with Crippen molar-refractivity contribution in [1.29, 1.82) is 0 Å². The minimum absolute atomic E-state index is 0.110. The molecule has 30 heavy (non-hydrogen) atoms. The minimum atomic E-state index is 0.110. The van der Waals surface area contributed by atoms with Crippen LogP contribution in [0, 0.1) is 20.8 Å². The Kier molecular flexibility index (Phi) is 5.55. The summed E-state index contributed by atoms with van der Waals surface area (Å²) in [6.45, 7) is 9.53. The third-order valence-corrected chi connectivity index (χ3v) is 5.86. The molecule has 4 aromatic rings. The molecule has 3 heterocycles. The van der Waals surface area contributed by atoms with E-state index in [1.165, 1.54) is 16.8 Å². The summed E-state index contributed by atoms with van der Waals surface area (Å²) in [5, 5.41) is 14.9. The summed E-state index contributed by atoms with van der Waals surface area (Å²) in [6.07, 6.45) is 1.85. The van der Waals surface area contributed by atoms with Gasteiger partial charge in [0.25, 0.3) is 0 Å². The van der Waals surface area contributed by atoms with E-state index in [9.17, 15) is 5.11 Å². The molecule has 1 unspecified atom stereocenters. The maximum absolute atomic E-state index is 10.2. The maximum Gasteiger partial charge on any atom is 0.215 e. The van der Waals surface area contributed by atoms with Crippen LogP contribution < -0.4 is 5.32 Å². The lowest BCUT2D eigenvalue weighted by molar-refractivity contribution is 0.440. The smallest absolute Gasteiger partial charge is 0.215 e. The van der Waals surface area contributed by atoms with Crippen LogP contribution in [0.25, 0.3) is 11.0 Å². The van der Waals surface area contributed by atoms with Crippen LogP contribution >= 0.6 is 0 Å². The average molecular weight is 401 g/mol. The molecule has 4 rings (SSSR count). The highest BCUT2D eigenvalue weighted by Crippen LogP contribution is 2.30. The Morgan fingerprint density at radius 1 is 1.00 bits per heavy atom. The van der Waals surface area contributed by atoms with Gasteiger partial charge in [-0.3, -0.25) is 0 Å². The second-order valence-electron chi connectivity index (χ2n) is 7.88. The predicted octanol–water partition coefficient (Wildman–Crippen LogP) is 4.96. The van der Waals surface area contributed by atoms with Crippen LogP contribution in [0.4, 0.5) is 0 Å². The molecule has 154 valence electrons. The number of aryl methyl sites for hydroxylation is 2. The monoisotopic (exact) mass is 400 g/mol. The molecule has 0 bridgehead atoms. The predicted molar refractivity (Wildman–Crippen MR) is 121 cm³/mol. The Morgan fingerprint density at radius 2 is 1.73 bits per heavy atom. The Bertz CT molecular complexity index is 1160. The fraction of sp³-hybridized carbons (Fsp3) is 0.280. The number of hydrogen-bond acceptors (Lipinski definition) is 4. The van der Waals surface area contributed by atoms with Crippen molar-refractivity contribution in [1.82, 2.24) is 19.9 Å². The number of pyridine rings is 2. The van der Waals surface area contributed by atoms with Crippen LogP contribution in [0.15, 0.2) is 54.7 Å². The first-order chi connectivity index (χ1) is 14.5. The van der Waals surface area contributed by atoms with Crippen LogP contribution in [-0.2, 0) is 13.1 Å². The summed E-state index contributed by atoms with van der Waals surface area (Å²) in [6, 6.07) is 16.8. The molecule has 1 aromatic carbocycles. The Labute approximate surface area is 177 Å². The largest absolute Gasteiger partial charge is 0.493 e. The van der Waals surface area contributed by atoms with E-state index < -0.39 is 0 Å². The number of aromatic nitrogens is 3. The lowest BCUT2D eigenvalue weighted by Crippen LogP contribution is -2.15. The highest BCUT2D eigenvalue weighted by Gasteiger charge is 2.19. The van der Waals surface area contributed by atoms with Crippen molar-refractivity contribution >= 4 is 11.0 Å². The van der Waals surface area contributed by atoms with Gasteiger partial charge in [-0.05, 0) is 62.6 Å². The standard InChI is InChI=1S/C25H28N4O/c1-16-13-17(2)28-25(30)22(16)14-26-15-23-19(4)29(24-21(23)11-8-12-27-24)18(3)20-9-6-5-7-10-20/h5-13,18,26H,14-15H2,1-4H3,(H,28,30). The van der Waals surface area contributed by atoms with Crippen molar-refractivity contribution in [3.05, 3.63) is 88.4 Å². The molecule has 1 atom stereocenters. The molecule has 0 radical (unpaired) electrons. The van der Waals surface area contributed by atoms with E-state index >= 15 is 0 Å². The highest BCUT2D eigenvalue weighted by atomic mass is 16.3. The van der Waals surface area contributed by atoms with E-state index in [4.69, 9.17) is 4.98 Å². The van der Waals surface area contributed by atoms with Gasteiger partial charge in [-0.25, -0.2) is 9.97 Å². The first-order valence-electron chi connectivity index (χ1n) is 10.3. The lowest BCUT2D eigenvalue weighted by atomic mass is 10.1. The summed E-state index contributed by atoms with van der Waals surface area (Å²) < 4.78 is 2.32. The van der Waals surface area contributed by atoms with Gasteiger partial charge in [0, 0.05) is 41.6 Å². The Balaban J connectivity index is 1.65. The molecule has 0 aliphatic heterocycles. The zero-order valence-corrected chi connectivity index (χ0v) is 18.0. The van der Waals surface area contributed by atoms with Crippen molar-refractivity contribution in [2.75, 3.05) is 0 Å². The maximum atomic E-state index is 10.2. The van der Waals surface area contributed by atoms with E-state index in [-0.39, 0.29) is 11.9 Å². The van der Waals surface area contributed by atoms with Gasteiger partial charge < -0.3 is 15.0 Å². The molecular formula is C25H28N4O. The van der Waals surface area contributed by atoms with Crippen molar-refractivity contribution in [3.63, 3.8) is 0 Å². The Morgan fingerprint density at radius 3 is 2.47 bits per heavy atom. The molecule has 0 fully saturated rings. The molecule has 0 spiro atoms. The average Bonchev–Trinajstić information content (AvgIpc) is 3.01. The number of hydrogen-bond donors (Lipinski definition) is 2. The van der Waals surface area contributed by atoms with Crippen molar-refractivity contribution in [2.45, 2.75) is 46.8 Å². The molecule has 3 aromatic heterocycles. The zero-order chi connectivity index (χ0) is 21.3. The normalized spacial score (nSPS) is 12.4. The molecule has 2 N–H and O–H groups in total. The number of nitrogens with zero attached hydrogens (tertiary/aromatic N) is 3. The number of aromatic hydroxyl groups is 1. The molecular weight excluding hydrogens is 372 g/mol. The van der Waals surface area contributed by atoms with Crippen molar-refractivity contribution in [3.8, 4) is 5.88 Å². The van der Waals surface area contributed by atoms with E-state index in [2.05, 4.69) is 59.0 Å². The molecule has 0 aliphatic rings. The van der Waals surface area contributed by atoms with Crippen LogP contribution in [0.1, 0.15) is 46.6 Å². The molecule has 0 aliphatic carbocycles. The number of fused-ring (bicyclic) bond motifs is 1. The second-order valence-corrected chi connectivity index (χ2v) is 7.88. The van der Waals surface area contributed by atoms with Crippen LogP contribution in [0.3, 0.4) is 0 Å². The summed E-state index contributed by atoms with van der Waals surface area (Å²) in [7, 11) is 0. The van der Waals surface area contributed by atoms with Gasteiger partial charge in [-0.2, -0.15) is 0 Å². The molecule has 5 heteroatoms. The molecule has 0 amide bonds.